The van der Waals surface area contributed by atoms with Crippen LogP contribution in [-0.4, -0.2) is 35.6 Å². The Labute approximate surface area is 95.7 Å². The summed E-state index contributed by atoms with van der Waals surface area (Å²) in [5.74, 6) is -0.0387. The van der Waals surface area contributed by atoms with Crippen molar-refractivity contribution in [3.05, 3.63) is 29.8 Å². The molecule has 0 aliphatic heterocycles. The van der Waals surface area contributed by atoms with E-state index in [0.717, 1.165) is 0 Å². The Balaban J connectivity index is 2.74. The number of carbonyl (C=O) groups is 1. The van der Waals surface area contributed by atoms with E-state index in [1.54, 1.807) is 29.2 Å². The van der Waals surface area contributed by atoms with Gasteiger partial charge in [0.1, 0.15) is 0 Å². The van der Waals surface area contributed by atoms with Gasteiger partial charge in [-0.2, -0.15) is 0 Å². The van der Waals surface area contributed by atoms with E-state index in [2.05, 4.69) is 0 Å². The summed E-state index contributed by atoms with van der Waals surface area (Å²) in [4.78, 5) is 13.7. The molecule has 88 valence electrons. The summed E-state index contributed by atoms with van der Waals surface area (Å²) in [6.45, 7) is 3.22. The van der Waals surface area contributed by atoms with Crippen molar-refractivity contribution in [1.29, 1.82) is 0 Å². The lowest BCUT2D eigenvalue weighted by atomic mass is 10.1. The van der Waals surface area contributed by atoms with Crippen LogP contribution in [0.5, 0.6) is 0 Å². The van der Waals surface area contributed by atoms with E-state index in [1.807, 2.05) is 6.92 Å². The van der Waals surface area contributed by atoms with Crippen molar-refractivity contribution in [3.8, 4) is 0 Å². The summed E-state index contributed by atoms with van der Waals surface area (Å²) >= 11 is 0. The van der Waals surface area contributed by atoms with Gasteiger partial charge in [-0.25, -0.2) is 0 Å². The molecular formula is C12H18N2O2. The number of aliphatic hydroxyl groups excluding tert-OH is 1. The van der Waals surface area contributed by atoms with Gasteiger partial charge in [0, 0.05) is 30.9 Å². The van der Waals surface area contributed by atoms with Crippen molar-refractivity contribution in [2.75, 3.05) is 25.4 Å². The van der Waals surface area contributed by atoms with Crippen molar-refractivity contribution < 1.29 is 9.90 Å². The van der Waals surface area contributed by atoms with Crippen molar-refractivity contribution in [2.24, 2.45) is 0 Å². The Hall–Kier alpha value is -1.55. The molecule has 4 nitrogen and oxygen atoms in total. The standard InChI is InChI=1S/C12H18N2O2/c1-2-14(7-4-8-15)12(16)10-5-3-6-11(13)9-10/h3,5-6,9,15H,2,4,7-8,13H2,1H3. The normalized spacial score (nSPS) is 10.1. The lowest BCUT2D eigenvalue weighted by Crippen LogP contribution is -2.32. The van der Waals surface area contributed by atoms with Crippen LogP contribution in [0.25, 0.3) is 0 Å². The maximum absolute atomic E-state index is 12.0. The molecule has 0 unspecified atom stereocenters. The number of amides is 1. The minimum absolute atomic E-state index is 0.0387. The van der Waals surface area contributed by atoms with Gasteiger partial charge in [0.2, 0.25) is 0 Å². The molecule has 1 rings (SSSR count). The van der Waals surface area contributed by atoms with E-state index in [0.29, 0.717) is 30.8 Å². The van der Waals surface area contributed by atoms with Gasteiger partial charge in [-0.15, -0.1) is 0 Å². The summed E-state index contributed by atoms with van der Waals surface area (Å²) in [5.41, 5.74) is 6.81. The minimum atomic E-state index is -0.0387. The molecule has 0 aromatic heterocycles. The third-order valence-corrected chi connectivity index (χ3v) is 2.39. The third kappa shape index (κ3) is 3.24. The number of aliphatic hydroxyl groups is 1. The third-order valence-electron chi connectivity index (χ3n) is 2.39. The molecule has 0 fully saturated rings. The average molecular weight is 222 g/mol. The number of nitrogens with zero attached hydrogens (tertiary/aromatic N) is 1. The second kappa shape index (κ2) is 6.12. The highest BCUT2D eigenvalue weighted by atomic mass is 16.3. The van der Waals surface area contributed by atoms with Gasteiger partial charge in [0.25, 0.3) is 5.91 Å². The number of benzene rings is 1. The Morgan fingerprint density at radius 1 is 1.50 bits per heavy atom. The molecule has 1 aromatic carbocycles. The second-order valence-electron chi connectivity index (χ2n) is 3.59. The summed E-state index contributed by atoms with van der Waals surface area (Å²) in [7, 11) is 0. The Bertz CT molecular complexity index is 353. The number of anilines is 1. The predicted molar refractivity (Wildman–Crippen MR) is 64.1 cm³/mol. The van der Waals surface area contributed by atoms with Crippen LogP contribution in [0.4, 0.5) is 5.69 Å². The van der Waals surface area contributed by atoms with E-state index in [4.69, 9.17) is 10.8 Å². The Morgan fingerprint density at radius 3 is 2.81 bits per heavy atom. The van der Waals surface area contributed by atoms with Crippen molar-refractivity contribution in [3.63, 3.8) is 0 Å². The van der Waals surface area contributed by atoms with Gasteiger partial charge in [0.15, 0.2) is 0 Å². The Kier molecular flexibility index (Phi) is 4.79. The fraction of sp³-hybridized carbons (Fsp3) is 0.417. The first kappa shape index (κ1) is 12.5. The van der Waals surface area contributed by atoms with Crippen LogP contribution in [0, 0.1) is 0 Å². The number of hydrogen-bond donors (Lipinski definition) is 2. The summed E-state index contributed by atoms with van der Waals surface area (Å²) in [5, 5.41) is 8.75. The summed E-state index contributed by atoms with van der Waals surface area (Å²) < 4.78 is 0. The van der Waals surface area contributed by atoms with E-state index < -0.39 is 0 Å². The zero-order valence-electron chi connectivity index (χ0n) is 9.52. The highest BCUT2D eigenvalue weighted by Gasteiger charge is 2.13. The number of hydrogen-bond acceptors (Lipinski definition) is 3. The Morgan fingerprint density at radius 2 is 2.25 bits per heavy atom. The predicted octanol–water partition coefficient (Wildman–Crippen LogP) is 1.11. The molecule has 1 amide bonds. The van der Waals surface area contributed by atoms with Crippen LogP contribution >= 0.6 is 0 Å². The topological polar surface area (TPSA) is 66.6 Å². The molecule has 1 aromatic rings. The first-order valence-corrected chi connectivity index (χ1v) is 5.44. The molecule has 0 atom stereocenters. The largest absolute Gasteiger partial charge is 0.399 e. The SMILES string of the molecule is CCN(CCCO)C(=O)c1cccc(N)c1. The minimum Gasteiger partial charge on any atom is -0.399 e. The van der Waals surface area contributed by atoms with Crippen LogP contribution < -0.4 is 5.73 Å². The second-order valence-corrected chi connectivity index (χ2v) is 3.59. The molecule has 0 saturated carbocycles. The van der Waals surface area contributed by atoms with E-state index >= 15 is 0 Å². The van der Waals surface area contributed by atoms with Crippen molar-refractivity contribution in [1.82, 2.24) is 4.90 Å². The zero-order chi connectivity index (χ0) is 12.0. The number of carbonyl (C=O) groups excluding carboxylic acids is 1. The number of rotatable bonds is 5. The fourth-order valence-corrected chi connectivity index (χ4v) is 1.52. The van der Waals surface area contributed by atoms with Gasteiger partial charge in [-0.1, -0.05) is 6.07 Å². The first-order chi connectivity index (χ1) is 7.69. The maximum Gasteiger partial charge on any atom is 0.253 e. The van der Waals surface area contributed by atoms with Crippen molar-refractivity contribution >= 4 is 11.6 Å². The molecule has 0 bridgehead atoms. The lowest BCUT2D eigenvalue weighted by Gasteiger charge is -2.20. The molecule has 0 radical (unpaired) electrons. The zero-order valence-corrected chi connectivity index (χ0v) is 9.52. The highest BCUT2D eigenvalue weighted by Crippen LogP contribution is 2.09. The monoisotopic (exact) mass is 222 g/mol. The molecule has 0 spiro atoms. The molecule has 0 saturated heterocycles. The van der Waals surface area contributed by atoms with Gasteiger partial charge >= 0.3 is 0 Å². The van der Waals surface area contributed by atoms with Gasteiger partial charge < -0.3 is 15.7 Å². The summed E-state index contributed by atoms with van der Waals surface area (Å²) in [6, 6.07) is 6.94. The smallest absolute Gasteiger partial charge is 0.253 e. The van der Waals surface area contributed by atoms with Crippen LogP contribution in [0.2, 0.25) is 0 Å². The summed E-state index contributed by atoms with van der Waals surface area (Å²) in [6.07, 6.45) is 0.599. The molecule has 0 aliphatic carbocycles. The van der Waals surface area contributed by atoms with Crippen LogP contribution in [-0.2, 0) is 0 Å². The molecule has 0 aliphatic rings. The molecule has 16 heavy (non-hydrogen) atoms. The molecule has 0 heterocycles. The van der Waals surface area contributed by atoms with Crippen LogP contribution in [0.3, 0.4) is 0 Å². The first-order valence-electron chi connectivity index (χ1n) is 5.44. The van der Waals surface area contributed by atoms with Gasteiger partial charge in [0.05, 0.1) is 0 Å². The van der Waals surface area contributed by atoms with E-state index in [9.17, 15) is 4.79 Å². The highest BCUT2D eigenvalue weighted by molar-refractivity contribution is 5.95. The maximum atomic E-state index is 12.0. The van der Waals surface area contributed by atoms with Crippen LogP contribution in [0.15, 0.2) is 24.3 Å². The molecule has 3 N–H and O–H groups in total. The van der Waals surface area contributed by atoms with Crippen molar-refractivity contribution in [2.45, 2.75) is 13.3 Å². The lowest BCUT2D eigenvalue weighted by molar-refractivity contribution is 0.0754. The van der Waals surface area contributed by atoms with E-state index in [-0.39, 0.29) is 12.5 Å². The quantitative estimate of drug-likeness (QED) is 0.733. The molecule has 4 heteroatoms. The molecular weight excluding hydrogens is 204 g/mol. The van der Waals surface area contributed by atoms with Crippen LogP contribution in [0.1, 0.15) is 23.7 Å². The van der Waals surface area contributed by atoms with Gasteiger partial charge in [-0.05, 0) is 31.5 Å². The fourth-order valence-electron chi connectivity index (χ4n) is 1.52. The van der Waals surface area contributed by atoms with E-state index in [1.165, 1.54) is 0 Å². The number of nitrogens with two attached hydrogens (primary N) is 1. The van der Waals surface area contributed by atoms with Gasteiger partial charge in [-0.3, -0.25) is 4.79 Å². The number of nitrogen functional groups attached to an aromatic ring is 1. The average Bonchev–Trinajstić information content (AvgIpc) is 2.29.